The van der Waals surface area contributed by atoms with E-state index in [1.165, 1.54) is 11.8 Å². The van der Waals surface area contributed by atoms with Crippen molar-refractivity contribution < 1.29 is 19.1 Å². The number of para-hydroxylation sites is 2. The van der Waals surface area contributed by atoms with E-state index in [9.17, 15) is 9.59 Å². The maximum Gasteiger partial charge on any atom is 0.244 e. The van der Waals surface area contributed by atoms with Crippen LogP contribution in [-0.2, 0) is 9.59 Å². The second-order valence-electron chi connectivity index (χ2n) is 6.41. The van der Waals surface area contributed by atoms with Crippen LogP contribution in [0.25, 0.3) is 0 Å². The Hall–Kier alpha value is -2.67. The summed E-state index contributed by atoms with van der Waals surface area (Å²) in [7, 11) is 0. The van der Waals surface area contributed by atoms with Gasteiger partial charge in [0, 0.05) is 11.3 Å². The zero-order chi connectivity index (χ0) is 18.8. The highest BCUT2D eigenvalue weighted by atomic mass is 32.2. The highest BCUT2D eigenvalue weighted by molar-refractivity contribution is 8.00. The van der Waals surface area contributed by atoms with E-state index in [2.05, 4.69) is 5.32 Å². The lowest BCUT2D eigenvalue weighted by Gasteiger charge is -2.30. The lowest BCUT2D eigenvalue weighted by atomic mass is 10.2. The van der Waals surface area contributed by atoms with Gasteiger partial charge in [0.25, 0.3) is 0 Å². The molecule has 0 spiro atoms. The van der Waals surface area contributed by atoms with Crippen molar-refractivity contribution in [1.29, 1.82) is 0 Å². The minimum absolute atomic E-state index is 0.0296. The summed E-state index contributed by atoms with van der Waals surface area (Å²) in [5.74, 6) is 1.15. The molecule has 2 aliphatic rings. The van der Waals surface area contributed by atoms with Gasteiger partial charge in [-0.1, -0.05) is 12.1 Å². The van der Waals surface area contributed by atoms with E-state index in [0.717, 1.165) is 22.8 Å². The van der Waals surface area contributed by atoms with E-state index in [-0.39, 0.29) is 23.6 Å². The molecule has 140 valence electrons. The Kier molecular flexibility index (Phi) is 4.94. The van der Waals surface area contributed by atoms with Crippen molar-refractivity contribution in [3.8, 4) is 11.5 Å². The van der Waals surface area contributed by atoms with Crippen LogP contribution >= 0.6 is 11.8 Å². The van der Waals surface area contributed by atoms with Gasteiger partial charge in [0.1, 0.15) is 6.54 Å². The summed E-state index contributed by atoms with van der Waals surface area (Å²) in [6.07, 6.45) is 0.850. The van der Waals surface area contributed by atoms with Gasteiger partial charge < -0.3 is 14.8 Å². The van der Waals surface area contributed by atoms with Crippen molar-refractivity contribution in [3.05, 3.63) is 42.5 Å². The molecule has 0 unspecified atom stereocenters. The number of thioether (sulfide) groups is 1. The van der Waals surface area contributed by atoms with E-state index in [1.807, 2.05) is 43.3 Å². The number of anilines is 2. The van der Waals surface area contributed by atoms with Gasteiger partial charge in [0.15, 0.2) is 11.5 Å². The standard InChI is InChI=1S/C20H20N2O4S/c1-13(27-14-7-8-17-18(11-14)26-10-4-9-25-17)20(24)22-12-19(23)21-15-5-2-3-6-16(15)22/h2-3,5-8,11,13H,4,9-10,12H2,1H3,(H,21,23)/t13-/m1/s1. The zero-order valence-electron chi connectivity index (χ0n) is 14.9. The van der Waals surface area contributed by atoms with Crippen LogP contribution in [0.4, 0.5) is 11.4 Å². The van der Waals surface area contributed by atoms with Crippen LogP contribution in [-0.4, -0.2) is 36.8 Å². The van der Waals surface area contributed by atoms with Gasteiger partial charge in [-0.3, -0.25) is 14.5 Å². The summed E-state index contributed by atoms with van der Waals surface area (Å²) in [5.41, 5.74) is 1.39. The second kappa shape index (κ2) is 7.52. The van der Waals surface area contributed by atoms with Crippen LogP contribution in [0.3, 0.4) is 0 Å². The van der Waals surface area contributed by atoms with E-state index >= 15 is 0 Å². The number of carbonyl (C=O) groups is 2. The molecule has 4 rings (SSSR count). The number of hydrogen-bond donors (Lipinski definition) is 1. The number of rotatable bonds is 3. The third kappa shape index (κ3) is 3.73. The van der Waals surface area contributed by atoms with Crippen molar-refractivity contribution in [3.63, 3.8) is 0 Å². The lowest BCUT2D eigenvalue weighted by molar-refractivity contribution is -0.121. The Labute approximate surface area is 161 Å². The predicted octanol–water partition coefficient (Wildman–Crippen LogP) is 3.31. The smallest absolute Gasteiger partial charge is 0.244 e. The Morgan fingerprint density at radius 1 is 1.15 bits per heavy atom. The Balaban J connectivity index is 1.52. The Morgan fingerprint density at radius 3 is 2.78 bits per heavy atom. The molecule has 2 aromatic rings. The van der Waals surface area contributed by atoms with Gasteiger partial charge >= 0.3 is 0 Å². The molecule has 0 bridgehead atoms. The molecule has 0 fully saturated rings. The van der Waals surface area contributed by atoms with E-state index in [0.29, 0.717) is 24.7 Å². The van der Waals surface area contributed by atoms with Crippen LogP contribution in [0.2, 0.25) is 0 Å². The molecular formula is C20H20N2O4S. The van der Waals surface area contributed by atoms with Crippen LogP contribution in [0.15, 0.2) is 47.4 Å². The number of nitrogens with one attached hydrogen (secondary N) is 1. The van der Waals surface area contributed by atoms with Crippen LogP contribution in [0.1, 0.15) is 13.3 Å². The summed E-state index contributed by atoms with van der Waals surface area (Å²) in [5, 5.41) is 2.45. The number of nitrogens with zero attached hydrogens (tertiary/aromatic N) is 1. The van der Waals surface area contributed by atoms with Gasteiger partial charge in [-0.2, -0.15) is 0 Å². The highest BCUT2D eigenvalue weighted by Crippen LogP contribution is 2.36. The molecule has 1 atom stereocenters. The monoisotopic (exact) mass is 384 g/mol. The molecule has 0 aliphatic carbocycles. The number of benzene rings is 2. The Bertz CT molecular complexity index is 886. The zero-order valence-corrected chi connectivity index (χ0v) is 15.8. The molecule has 0 saturated heterocycles. The molecule has 27 heavy (non-hydrogen) atoms. The molecule has 0 saturated carbocycles. The van der Waals surface area contributed by atoms with Gasteiger partial charge in [0.05, 0.1) is 29.8 Å². The van der Waals surface area contributed by atoms with Crippen molar-refractivity contribution in [2.24, 2.45) is 0 Å². The largest absolute Gasteiger partial charge is 0.490 e. The average molecular weight is 384 g/mol. The second-order valence-corrected chi connectivity index (χ2v) is 7.82. The summed E-state index contributed by atoms with van der Waals surface area (Å²) < 4.78 is 11.4. The third-order valence-corrected chi connectivity index (χ3v) is 5.50. The van der Waals surface area contributed by atoms with Crippen molar-refractivity contribution in [2.45, 2.75) is 23.5 Å². The minimum atomic E-state index is -0.353. The molecular weight excluding hydrogens is 364 g/mol. The molecule has 2 heterocycles. The molecule has 0 aromatic heterocycles. The van der Waals surface area contributed by atoms with E-state index < -0.39 is 0 Å². The average Bonchev–Trinajstić information content (AvgIpc) is 2.91. The van der Waals surface area contributed by atoms with Crippen molar-refractivity contribution >= 4 is 35.0 Å². The van der Waals surface area contributed by atoms with E-state index in [4.69, 9.17) is 9.47 Å². The fraction of sp³-hybridized carbons (Fsp3) is 0.300. The molecule has 7 heteroatoms. The summed E-state index contributed by atoms with van der Waals surface area (Å²) in [4.78, 5) is 27.5. The first-order valence-corrected chi connectivity index (χ1v) is 9.76. The van der Waals surface area contributed by atoms with Crippen molar-refractivity contribution in [1.82, 2.24) is 0 Å². The first-order chi connectivity index (χ1) is 13.1. The quantitative estimate of drug-likeness (QED) is 0.823. The summed E-state index contributed by atoms with van der Waals surface area (Å²) >= 11 is 1.44. The SMILES string of the molecule is C[C@@H](Sc1ccc2c(c1)OCCCO2)C(=O)N1CC(=O)Nc2ccccc21. The number of fused-ring (bicyclic) bond motifs is 2. The van der Waals surface area contributed by atoms with Crippen molar-refractivity contribution in [2.75, 3.05) is 30.0 Å². The summed E-state index contributed by atoms with van der Waals surface area (Å²) in [6.45, 7) is 3.15. The van der Waals surface area contributed by atoms with Gasteiger partial charge in [-0.05, 0) is 37.3 Å². The molecule has 2 amide bonds. The Morgan fingerprint density at radius 2 is 1.93 bits per heavy atom. The normalized spacial score (nSPS) is 16.8. The first kappa shape index (κ1) is 17.7. The van der Waals surface area contributed by atoms with Gasteiger partial charge in [-0.25, -0.2) is 0 Å². The molecule has 2 aliphatic heterocycles. The minimum Gasteiger partial charge on any atom is -0.490 e. The molecule has 0 radical (unpaired) electrons. The van der Waals surface area contributed by atoms with Gasteiger partial charge in [-0.15, -0.1) is 11.8 Å². The number of ether oxygens (including phenoxy) is 2. The molecule has 2 aromatic carbocycles. The third-order valence-electron chi connectivity index (χ3n) is 4.42. The van der Waals surface area contributed by atoms with Crippen LogP contribution in [0.5, 0.6) is 11.5 Å². The number of amides is 2. The maximum atomic E-state index is 13.0. The fourth-order valence-corrected chi connectivity index (χ4v) is 4.08. The lowest BCUT2D eigenvalue weighted by Crippen LogP contribution is -2.45. The maximum absolute atomic E-state index is 13.0. The molecule has 1 N–H and O–H groups in total. The van der Waals surface area contributed by atoms with Crippen LogP contribution < -0.4 is 19.7 Å². The topological polar surface area (TPSA) is 67.9 Å². The summed E-state index contributed by atoms with van der Waals surface area (Å²) in [6, 6.07) is 13.1. The molecule has 6 nitrogen and oxygen atoms in total. The predicted molar refractivity (Wildman–Crippen MR) is 105 cm³/mol. The highest BCUT2D eigenvalue weighted by Gasteiger charge is 2.30. The number of carbonyl (C=O) groups excluding carboxylic acids is 2. The van der Waals surface area contributed by atoms with Crippen LogP contribution in [0, 0.1) is 0 Å². The fourth-order valence-electron chi connectivity index (χ4n) is 3.12. The van der Waals surface area contributed by atoms with Gasteiger partial charge in [0.2, 0.25) is 11.8 Å². The first-order valence-electron chi connectivity index (χ1n) is 8.88. The number of hydrogen-bond acceptors (Lipinski definition) is 5. The van der Waals surface area contributed by atoms with E-state index in [1.54, 1.807) is 11.0 Å².